The molecule has 146 valence electrons. The SMILES string of the molecule is Cc1ccc(NC(=O)[C@@H](C)NS(=O)(=O)c2ccccc2C(F)(F)F)c(O)c1. The minimum absolute atomic E-state index is 0.0485. The molecule has 3 N–H and O–H groups in total. The molecule has 0 bridgehead atoms. The van der Waals surface area contributed by atoms with Crippen molar-refractivity contribution in [3.63, 3.8) is 0 Å². The van der Waals surface area contributed by atoms with E-state index in [1.165, 1.54) is 19.1 Å². The molecule has 0 radical (unpaired) electrons. The standard InChI is InChI=1S/C17H17F3N2O4S/c1-10-7-8-13(14(23)9-10)21-16(24)11(2)22-27(25,26)15-6-4-3-5-12(15)17(18,19)20/h3-9,11,22-23H,1-2H3,(H,21,24)/t11-/m1/s1. The maximum atomic E-state index is 13.0. The number of amides is 1. The zero-order valence-electron chi connectivity index (χ0n) is 14.3. The van der Waals surface area contributed by atoms with Gasteiger partial charge in [-0.05, 0) is 43.7 Å². The fraction of sp³-hybridized carbons (Fsp3) is 0.235. The third-order valence-corrected chi connectivity index (χ3v) is 5.22. The Balaban J connectivity index is 2.21. The number of carbonyl (C=O) groups excluding carboxylic acids is 1. The van der Waals surface area contributed by atoms with Crippen molar-refractivity contribution >= 4 is 21.6 Å². The van der Waals surface area contributed by atoms with E-state index in [-0.39, 0.29) is 11.4 Å². The molecule has 0 saturated carbocycles. The normalized spacial score (nSPS) is 13.2. The lowest BCUT2D eigenvalue weighted by Gasteiger charge is -2.17. The van der Waals surface area contributed by atoms with Crippen molar-refractivity contribution in [3.05, 3.63) is 53.6 Å². The molecule has 0 fully saturated rings. The van der Waals surface area contributed by atoms with Crippen LogP contribution in [-0.4, -0.2) is 25.5 Å². The van der Waals surface area contributed by atoms with Gasteiger partial charge >= 0.3 is 6.18 Å². The fourth-order valence-corrected chi connectivity index (χ4v) is 3.70. The van der Waals surface area contributed by atoms with Crippen LogP contribution in [0, 0.1) is 6.92 Å². The molecule has 1 amide bonds. The lowest BCUT2D eigenvalue weighted by Crippen LogP contribution is -2.42. The molecule has 0 heterocycles. The Morgan fingerprint density at radius 1 is 1.15 bits per heavy atom. The number of aromatic hydroxyl groups is 1. The van der Waals surface area contributed by atoms with Crippen molar-refractivity contribution in [1.29, 1.82) is 0 Å². The highest BCUT2D eigenvalue weighted by Gasteiger charge is 2.37. The summed E-state index contributed by atoms with van der Waals surface area (Å²) in [5.41, 5.74) is -0.545. The van der Waals surface area contributed by atoms with Crippen LogP contribution < -0.4 is 10.0 Å². The molecule has 2 aromatic rings. The van der Waals surface area contributed by atoms with Crippen molar-refractivity contribution in [2.75, 3.05) is 5.32 Å². The summed E-state index contributed by atoms with van der Waals surface area (Å²) in [6, 6.07) is 6.70. The maximum Gasteiger partial charge on any atom is 0.417 e. The van der Waals surface area contributed by atoms with E-state index < -0.39 is 38.6 Å². The molecule has 0 aliphatic heterocycles. The van der Waals surface area contributed by atoms with Crippen LogP contribution in [0.4, 0.5) is 18.9 Å². The van der Waals surface area contributed by atoms with E-state index in [9.17, 15) is 31.5 Å². The van der Waals surface area contributed by atoms with E-state index in [0.717, 1.165) is 23.8 Å². The van der Waals surface area contributed by atoms with Crippen molar-refractivity contribution in [1.82, 2.24) is 4.72 Å². The monoisotopic (exact) mass is 402 g/mol. The largest absolute Gasteiger partial charge is 0.506 e. The van der Waals surface area contributed by atoms with Crippen LogP contribution in [0.3, 0.4) is 0 Å². The molecule has 1 atom stereocenters. The Bertz CT molecular complexity index is 959. The highest BCUT2D eigenvalue weighted by molar-refractivity contribution is 7.89. The zero-order valence-corrected chi connectivity index (χ0v) is 15.1. The lowest BCUT2D eigenvalue weighted by atomic mass is 10.2. The molecule has 2 rings (SSSR count). The predicted octanol–water partition coefficient (Wildman–Crippen LogP) is 3.02. The molecule has 0 spiro atoms. The van der Waals surface area contributed by atoms with E-state index >= 15 is 0 Å². The molecule has 2 aromatic carbocycles. The summed E-state index contributed by atoms with van der Waals surface area (Å²) in [6.07, 6.45) is -4.87. The van der Waals surface area contributed by atoms with Crippen LogP contribution in [0.5, 0.6) is 5.75 Å². The summed E-state index contributed by atoms with van der Waals surface area (Å²) < 4.78 is 65.7. The number of halogens is 3. The highest BCUT2D eigenvalue weighted by atomic mass is 32.2. The van der Waals surface area contributed by atoms with Crippen molar-refractivity contribution in [2.45, 2.75) is 31.0 Å². The Morgan fingerprint density at radius 2 is 1.78 bits per heavy atom. The molecular formula is C17H17F3N2O4S. The van der Waals surface area contributed by atoms with Gasteiger partial charge in [0.2, 0.25) is 15.9 Å². The molecular weight excluding hydrogens is 385 g/mol. The minimum Gasteiger partial charge on any atom is -0.506 e. The number of hydrogen-bond acceptors (Lipinski definition) is 4. The predicted molar refractivity (Wildman–Crippen MR) is 92.7 cm³/mol. The summed E-state index contributed by atoms with van der Waals surface area (Å²) in [6.45, 7) is 2.90. The first-order valence-electron chi connectivity index (χ1n) is 7.71. The summed E-state index contributed by atoms with van der Waals surface area (Å²) >= 11 is 0. The third kappa shape index (κ3) is 4.98. The smallest absolute Gasteiger partial charge is 0.417 e. The van der Waals surface area contributed by atoms with Crippen molar-refractivity contribution in [3.8, 4) is 5.75 Å². The molecule has 0 unspecified atom stereocenters. The molecule has 27 heavy (non-hydrogen) atoms. The van der Waals surface area contributed by atoms with E-state index in [1.54, 1.807) is 13.0 Å². The van der Waals surface area contributed by atoms with Gasteiger partial charge in [0, 0.05) is 0 Å². The number of carbonyl (C=O) groups is 1. The van der Waals surface area contributed by atoms with Gasteiger partial charge in [0.1, 0.15) is 5.75 Å². The molecule has 10 heteroatoms. The van der Waals surface area contributed by atoms with Crippen molar-refractivity contribution in [2.24, 2.45) is 0 Å². The second-order valence-corrected chi connectivity index (χ2v) is 7.53. The van der Waals surface area contributed by atoms with Crippen LogP contribution in [0.2, 0.25) is 0 Å². The summed E-state index contributed by atoms with van der Waals surface area (Å²) in [5, 5.41) is 12.1. The van der Waals surface area contributed by atoms with Gasteiger partial charge in [0.15, 0.2) is 0 Å². The number of hydrogen-bond donors (Lipinski definition) is 3. The van der Waals surface area contributed by atoms with Gasteiger partial charge in [-0.25, -0.2) is 8.42 Å². The number of sulfonamides is 1. The van der Waals surface area contributed by atoms with Gasteiger partial charge in [0.05, 0.1) is 22.2 Å². The quantitative estimate of drug-likeness (QED) is 0.670. The Morgan fingerprint density at radius 3 is 2.37 bits per heavy atom. The fourth-order valence-electron chi connectivity index (χ4n) is 2.27. The average molecular weight is 402 g/mol. The van der Waals surface area contributed by atoms with Crippen LogP contribution >= 0.6 is 0 Å². The minimum atomic E-state index is -4.87. The topological polar surface area (TPSA) is 95.5 Å². The zero-order chi connectivity index (χ0) is 20.4. The van der Waals surface area contributed by atoms with Crippen LogP contribution in [0.1, 0.15) is 18.1 Å². The molecule has 6 nitrogen and oxygen atoms in total. The molecule has 0 aliphatic carbocycles. The first-order chi connectivity index (χ1) is 12.4. The number of phenols is 1. The van der Waals surface area contributed by atoms with Gasteiger partial charge in [-0.1, -0.05) is 18.2 Å². The van der Waals surface area contributed by atoms with Crippen LogP contribution in [-0.2, 0) is 21.0 Å². The number of rotatable bonds is 5. The van der Waals surface area contributed by atoms with E-state index in [4.69, 9.17) is 0 Å². The van der Waals surface area contributed by atoms with Crippen LogP contribution in [0.15, 0.2) is 47.4 Å². The summed E-state index contributed by atoms with van der Waals surface area (Å²) in [4.78, 5) is 11.2. The molecule has 0 saturated heterocycles. The number of aryl methyl sites for hydroxylation is 1. The summed E-state index contributed by atoms with van der Waals surface area (Å²) in [7, 11) is -4.62. The summed E-state index contributed by atoms with van der Waals surface area (Å²) in [5.74, 6) is -1.07. The molecule has 0 aliphatic rings. The third-order valence-electron chi connectivity index (χ3n) is 3.62. The maximum absolute atomic E-state index is 13.0. The Kier molecular flexibility index (Phi) is 5.81. The lowest BCUT2D eigenvalue weighted by molar-refractivity contribution is -0.139. The van der Waals surface area contributed by atoms with Crippen LogP contribution in [0.25, 0.3) is 0 Å². The Hall–Kier alpha value is -2.59. The number of anilines is 1. The number of benzene rings is 2. The number of nitrogens with one attached hydrogen (secondary N) is 2. The van der Waals surface area contributed by atoms with E-state index in [0.29, 0.717) is 6.07 Å². The van der Waals surface area contributed by atoms with Gasteiger partial charge in [-0.2, -0.15) is 17.9 Å². The molecule has 0 aromatic heterocycles. The number of alkyl halides is 3. The second-order valence-electron chi connectivity index (χ2n) is 5.85. The first-order valence-corrected chi connectivity index (χ1v) is 9.19. The van der Waals surface area contributed by atoms with Gasteiger partial charge in [-0.3, -0.25) is 4.79 Å². The number of phenolic OH excluding ortho intramolecular Hbond substituents is 1. The van der Waals surface area contributed by atoms with Gasteiger partial charge < -0.3 is 10.4 Å². The first kappa shape index (κ1) is 20.7. The van der Waals surface area contributed by atoms with E-state index in [1.807, 2.05) is 4.72 Å². The highest BCUT2D eigenvalue weighted by Crippen LogP contribution is 2.34. The van der Waals surface area contributed by atoms with Gasteiger partial charge in [-0.15, -0.1) is 0 Å². The Labute approximate surface area is 154 Å². The van der Waals surface area contributed by atoms with Gasteiger partial charge in [0.25, 0.3) is 0 Å². The van der Waals surface area contributed by atoms with Crippen molar-refractivity contribution < 1.29 is 31.5 Å². The van der Waals surface area contributed by atoms with E-state index in [2.05, 4.69) is 5.32 Å². The second kappa shape index (κ2) is 7.57. The average Bonchev–Trinajstić information content (AvgIpc) is 2.56.